The molecule has 0 aromatic heterocycles. The summed E-state index contributed by atoms with van der Waals surface area (Å²) in [5.74, 6) is 0. The van der Waals surface area contributed by atoms with Crippen molar-refractivity contribution in [3.8, 4) is 0 Å². The molecule has 1 N–H and O–H groups in total. The van der Waals surface area contributed by atoms with E-state index in [1.165, 1.54) is 0 Å². The van der Waals surface area contributed by atoms with Crippen molar-refractivity contribution < 1.29 is 0 Å². The largest absolute Gasteiger partial charge is 0.369 e. The Balaban J connectivity index is 2.26. The van der Waals surface area contributed by atoms with E-state index in [2.05, 4.69) is 17.1 Å². The smallest absolute Gasteiger partial charge is 0.0643 e. The van der Waals surface area contributed by atoms with Gasteiger partial charge in [0, 0.05) is 24.2 Å². The van der Waals surface area contributed by atoms with Crippen LogP contribution in [0.15, 0.2) is 12.1 Å². The standard InChI is InChI=1S/C14H20Cl2N2/c1-3-11-9-18(6-4-5-17-11)14-8-12(15)10(2)7-13(14)16/h7-8,11,17H,3-6,9H2,1-2H3. The molecule has 1 aliphatic heterocycles. The second-order valence-corrected chi connectivity index (χ2v) is 5.73. The predicted octanol–water partition coefficient (Wildman–Crippen LogP) is 3.88. The Morgan fingerprint density at radius 1 is 1.33 bits per heavy atom. The van der Waals surface area contributed by atoms with E-state index >= 15 is 0 Å². The molecule has 1 atom stereocenters. The number of aryl methyl sites for hydroxylation is 1. The van der Waals surface area contributed by atoms with E-state index in [1.54, 1.807) is 0 Å². The van der Waals surface area contributed by atoms with Gasteiger partial charge in [0.1, 0.15) is 0 Å². The molecule has 0 aliphatic carbocycles. The molecule has 0 amide bonds. The van der Waals surface area contributed by atoms with Crippen LogP contribution in [0.4, 0.5) is 5.69 Å². The Bertz CT molecular complexity index is 421. The van der Waals surface area contributed by atoms with Gasteiger partial charge in [0.2, 0.25) is 0 Å². The number of benzene rings is 1. The summed E-state index contributed by atoms with van der Waals surface area (Å²) in [7, 11) is 0. The van der Waals surface area contributed by atoms with Crippen LogP contribution >= 0.6 is 23.2 Å². The zero-order chi connectivity index (χ0) is 13.1. The van der Waals surface area contributed by atoms with Gasteiger partial charge >= 0.3 is 0 Å². The van der Waals surface area contributed by atoms with E-state index in [-0.39, 0.29) is 0 Å². The minimum atomic E-state index is 0.531. The molecule has 0 spiro atoms. The Labute approximate surface area is 119 Å². The summed E-state index contributed by atoms with van der Waals surface area (Å²) in [6, 6.07) is 4.49. The average molecular weight is 287 g/mol. The highest BCUT2D eigenvalue weighted by atomic mass is 35.5. The van der Waals surface area contributed by atoms with Crippen molar-refractivity contribution in [1.82, 2.24) is 5.32 Å². The van der Waals surface area contributed by atoms with E-state index in [9.17, 15) is 0 Å². The summed E-state index contributed by atoms with van der Waals surface area (Å²) in [6.07, 6.45) is 2.27. The van der Waals surface area contributed by atoms with Crippen LogP contribution in [0.3, 0.4) is 0 Å². The number of hydrogen-bond donors (Lipinski definition) is 1. The molecule has 2 nitrogen and oxygen atoms in total. The lowest BCUT2D eigenvalue weighted by molar-refractivity contribution is 0.528. The Hall–Kier alpha value is -0.440. The summed E-state index contributed by atoms with van der Waals surface area (Å²) >= 11 is 12.6. The highest BCUT2D eigenvalue weighted by Gasteiger charge is 2.19. The fraction of sp³-hybridized carbons (Fsp3) is 0.571. The summed E-state index contributed by atoms with van der Waals surface area (Å²) < 4.78 is 0. The van der Waals surface area contributed by atoms with Crippen molar-refractivity contribution in [2.75, 3.05) is 24.5 Å². The molecule has 18 heavy (non-hydrogen) atoms. The van der Waals surface area contributed by atoms with E-state index in [0.29, 0.717) is 6.04 Å². The second kappa shape index (κ2) is 6.14. The van der Waals surface area contributed by atoms with Crippen LogP contribution in [-0.4, -0.2) is 25.7 Å². The second-order valence-electron chi connectivity index (χ2n) is 4.91. The minimum Gasteiger partial charge on any atom is -0.369 e. The van der Waals surface area contributed by atoms with E-state index < -0.39 is 0 Å². The van der Waals surface area contributed by atoms with Gasteiger partial charge in [-0.3, -0.25) is 0 Å². The first-order valence-electron chi connectivity index (χ1n) is 6.55. The number of anilines is 1. The quantitative estimate of drug-likeness (QED) is 0.888. The third kappa shape index (κ3) is 3.11. The molecule has 0 radical (unpaired) electrons. The van der Waals surface area contributed by atoms with Crippen molar-refractivity contribution in [2.24, 2.45) is 0 Å². The van der Waals surface area contributed by atoms with Crippen molar-refractivity contribution in [3.63, 3.8) is 0 Å². The molecule has 100 valence electrons. The molecule has 0 bridgehead atoms. The van der Waals surface area contributed by atoms with Crippen molar-refractivity contribution in [3.05, 3.63) is 27.7 Å². The summed E-state index contributed by atoms with van der Waals surface area (Å²) in [4.78, 5) is 2.35. The Kier molecular flexibility index (Phi) is 4.77. The molecule has 1 aromatic rings. The normalized spacial score (nSPS) is 20.9. The monoisotopic (exact) mass is 286 g/mol. The minimum absolute atomic E-state index is 0.531. The fourth-order valence-electron chi connectivity index (χ4n) is 2.37. The maximum absolute atomic E-state index is 6.36. The molecule has 1 fully saturated rings. The molecule has 4 heteroatoms. The number of nitrogens with zero attached hydrogens (tertiary/aromatic N) is 1. The van der Waals surface area contributed by atoms with Crippen LogP contribution in [0.1, 0.15) is 25.3 Å². The lowest BCUT2D eigenvalue weighted by Gasteiger charge is -2.27. The molecular weight excluding hydrogens is 267 g/mol. The third-order valence-electron chi connectivity index (χ3n) is 3.54. The summed E-state index contributed by atoms with van der Waals surface area (Å²) in [5, 5.41) is 5.15. The van der Waals surface area contributed by atoms with Crippen LogP contribution in [0, 0.1) is 6.92 Å². The lowest BCUT2D eigenvalue weighted by Crippen LogP contribution is -2.37. The van der Waals surface area contributed by atoms with Gasteiger partial charge < -0.3 is 10.2 Å². The molecule has 1 heterocycles. The molecular formula is C14H20Cl2N2. The van der Waals surface area contributed by atoms with E-state index in [0.717, 1.165) is 53.8 Å². The molecule has 2 rings (SSSR count). The highest BCUT2D eigenvalue weighted by molar-refractivity contribution is 6.35. The number of halogens is 2. The van der Waals surface area contributed by atoms with Crippen LogP contribution in [0.25, 0.3) is 0 Å². The van der Waals surface area contributed by atoms with Crippen LogP contribution in [0.2, 0.25) is 10.0 Å². The van der Waals surface area contributed by atoms with Gasteiger partial charge in [0.05, 0.1) is 10.7 Å². The zero-order valence-electron chi connectivity index (χ0n) is 11.0. The van der Waals surface area contributed by atoms with Crippen LogP contribution < -0.4 is 10.2 Å². The van der Waals surface area contributed by atoms with Crippen molar-refractivity contribution in [2.45, 2.75) is 32.7 Å². The van der Waals surface area contributed by atoms with Gasteiger partial charge in [-0.15, -0.1) is 0 Å². The van der Waals surface area contributed by atoms with Gasteiger partial charge in [-0.1, -0.05) is 30.1 Å². The number of nitrogens with one attached hydrogen (secondary N) is 1. The lowest BCUT2D eigenvalue weighted by atomic mass is 10.1. The SMILES string of the molecule is CCC1CN(c2cc(Cl)c(C)cc2Cl)CCCN1. The first-order valence-corrected chi connectivity index (χ1v) is 7.31. The maximum Gasteiger partial charge on any atom is 0.0643 e. The molecule has 0 saturated carbocycles. The fourth-order valence-corrected chi connectivity index (χ4v) is 2.86. The maximum atomic E-state index is 6.36. The molecule has 1 aliphatic rings. The first kappa shape index (κ1) is 14.0. The van der Waals surface area contributed by atoms with Crippen LogP contribution in [-0.2, 0) is 0 Å². The van der Waals surface area contributed by atoms with E-state index in [1.807, 2.05) is 19.1 Å². The van der Waals surface area contributed by atoms with Gasteiger partial charge in [-0.05, 0) is 44.0 Å². The van der Waals surface area contributed by atoms with E-state index in [4.69, 9.17) is 23.2 Å². The van der Waals surface area contributed by atoms with Gasteiger partial charge in [0.15, 0.2) is 0 Å². The van der Waals surface area contributed by atoms with Crippen molar-refractivity contribution >= 4 is 28.9 Å². The third-order valence-corrected chi connectivity index (χ3v) is 4.25. The summed E-state index contributed by atoms with van der Waals surface area (Å²) in [6.45, 7) is 7.30. The number of rotatable bonds is 2. The highest BCUT2D eigenvalue weighted by Crippen LogP contribution is 2.32. The first-order chi connectivity index (χ1) is 8.61. The average Bonchev–Trinajstić information content (AvgIpc) is 2.59. The topological polar surface area (TPSA) is 15.3 Å². The van der Waals surface area contributed by atoms with Crippen molar-refractivity contribution in [1.29, 1.82) is 0 Å². The predicted molar refractivity (Wildman–Crippen MR) is 80.1 cm³/mol. The zero-order valence-corrected chi connectivity index (χ0v) is 12.5. The van der Waals surface area contributed by atoms with Gasteiger partial charge in [0.25, 0.3) is 0 Å². The van der Waals surface area contributed by atoms with Crippen LogP contribution in [0.5, 0.6) is 0 Å². The number of hydrogen-bond acceptors (Lipinski definition) is 2. The van der Waals surface area contributed by atoms with Gasteiger partial charge in [-0.25, -0.2) is 0 Å². The Morgan fingerprint density at radius 3 is 2.83 bits per heavy atom. The molecule has 1 aromatic carbocycles. The summed E-state index contributed by atoms with van der Waals surface area (Å²) in [5.41, 5.74) is 2.10. The molecule has 1 unspecified atom stereocenters. The molecule has 1 saturated heterocycles. The Morgan fingerprint density at radius 2 is 2.11 bits per heavy atom. The van der Waals surface area contributed by atoms with Gasteiger partial charge in [-0.2, -0.15) is 0 Å².